The molecule has 0 radical (unpaired) electrons. The van der Waals surface area contributed by atoms with Gasteiger partial charge in [0.1, 0.15) is 18.1 Å². The number of methoxy groups -OCH3 is 2. The average Bonchev–Trinajstić information content (AvgIpc) is 3.31. The van der Waals surface area contributed by atoms with Crippen LogP contribution in [-0.4, -0.2) is 25.9 Å². The van der Waals surface area contributed by atoms with Crippen LogP contribution in [0.3, 0.4) is 0 Å². The Morgan fingerprint density at radius 2 is 1.94 bits per heavy atom. The van der Waals surface area contributed by atoms with Crippen LogP contribution in [0.1, 0.15) is 10.4 Å². The standard InChI is InChI=1S/C24H21NO5S/c1-27-21-8-5-15(11-22(21)28-2)18-10-16-6-7-20-19(23(16)30-24(18)26)13-25(14-29-20)12-17-4-3-9-31-17/h3-11H,12-14H2,1-2H3. The van der Waals surface area contributed by atoms with Gasteiger partial charge in [0.2, 0.25) is 0 Å². The summed E-state index contributed by atoms with van der Waals surface area (Å²) < 4.78 is 22.4. The molecule has 3 heterocycles. The predicted molar refractivity (Wildman–Crippen MR) is 120 cm³/mol. The summed E-state index contributed by atoms with van der Waals surface area (Å²) in [5.41, 5.74) is 2.25. The fourth-order valence-corrected chi connectivity index (χ4v) is 4.61. The number of rotatable bonds is 5. The normalized spacial score (nSPS) is 13.6. The van der Waals surface area contributed by atoms with Crippen molar-refractivity contribution in [1.29, 1.82) is 0 Å². The van der Waals surface area contributed by atoms with E-state index in [1.54, 1.807) is 37.7 Å². The van der Waals surface area contributed by atoms with E-state index in [0.29, 0.717) is 41.5 Å². The second-order valence-corrected chi connectivity index (χ2v) is 8.35. The van der Waals surface area contributed by atoms with E-state index in [1.807, 2.05) is 30.3 Å². The zero-order valence-corrected chi connectivity index (χ0v) is 18.0. The van der Waals surface area contributed by atoms with E-state index in [0.717, 1.165) is 23.2 Å². The SMILES string of the molecule is COc1ccc(-c2cc3ccc4c(c3oc2=O)CN(Cc2cccs2)CO4)cc1OC. The van der Waals surface area contributed by atoms with Gasteiger partial charge in [-0.25, -0.2) is 4.79 Å². The van der Waals surface area contributed by atoms with Crippen LogP contribution in [0.25, 0.3) is 22.1 Å². The molecule has 6 nitrogen and oxygen atoms in total. The third kappa shape index (κ3) is 3.66. The molecule has 0 spiro atoms. The van der Waals surface area contributed by atoms with Crippen molar-refractivity contribution in [1.82, 2.24) is 4.90 Å². The molecule has 31 heavy (non-hydrogen) atoms. The second kappa shape index (κ2) is 8.09. The highest BCUT2D eigenvalue weighted by Gasteiger charge is 2.22. The fourth-order valence-electron chi connectivity index (χ4n) is 3.87. The van der Waals surface area contributed by atoms with Crippen molar-refractivity contribution in [2.75, 3.05) is 21.0 Å². The first-order valence-corrected chi connectivity index (χ1v) is 10.7. The van der Waals surface area contributed by atoms with E-state index in [1.165, 1.54) is 4.88 Å². The van der Waals surface area contributed by atoms with Gasteiger partial charge in [0.05, 0.1) is 25.3 Å². The molecule has 0 N–H and O–H groups in total. The van der Waals surface area contributed by atoms with Crippen LogP contribution in [0.2, 0.25) is 0 Å². The highest BCUT2D eigenvalue weighted by Crippen LogP contribution is 2.35. The monoisotopic (exact) mass is 435 g/mol. The van der Waals surface area contributed by atoms with Crippen LogP contribution < -0.4 is 19.8 Å². The van der Waals surface area contributed by atoms with Crippen molar-refractivity contribution < 1.29 is 18.6 Å². The van der Waals surface area contributed by atoms with Gasteiger partial charge in [-0.3, -0.25) is 4.90 Å². The van der Waals surface area contributed by atoms with Gasteiger partial charge in [0.15, 0.2) is 11.5 Å². The number of benzene rings is 2. The minimum atomic E-state index is -0.400. The third-order valence-electron chi connectivity index (χ3n) is 5.40. The third-order valence-corrected chi connectivity index (χ3v) is 6.26. The largest absolute Gasteiger partial charge is 0.493 e. The van der Waals surface area contributed by atoms with Crippen molar-refractivity contribution in [3.63, 3.8) is 0 Å². The first kappa shape index (κ1) is 19.7. The lowest BCUT2D eigenvalue weighted by Crippen LogP contribution is -2.31. The smallest absolute Gasteiger partial charge is 0.344 e. The van der Waals surface area contributed by atoms with Gasteiger partial charge < -0.3 is 18.6 Å². The Hall–Kier alpha value is -3.29. The van der Waals surface area contributed by atoms with Crippen molar-refractivity contribution in [3.05, 3.63) is 74.8 Å². The molecule has 0 amide bonds. The summed E-state index contributed by atoms with van der Waals surface area (Å²) in [4.78, 5) is 16.4. The van der Waals surface area contributed by atoms with Crippen LogP contribution in [0.15, 0.2) is 63.1 Å². The first-order valence-electron chi connectivity index (χ1n) is 9.86. The number of thiophene rings is 1. The van der Waals surface area contributed by atoms with Crippen LogP contribution in [-0.2, 0) is 13.1 Å². The molecule has 7 heteroatoms. The van der Waals surface area contributed by atoms with Gasteiger partial charge in [-0.2, -0.15) is 0 Å². The van der Waals surface area contributed by atoms with Gasteiger partial charge in [-0.15, -0.1) is 11.3 Å². The Morgan fingerprint density at radius 3 is 2.71 bits per heavy atom. The van der Waals surface area contributed by atoms with E-state index in [-0.39, 0.29) is 0 Å². The molecule has 0 saturated heterocycles. The lowest BCUT2D eigenvalue weighted by atomic mass is 10.0. The summed E-state index contributed by atoms with van der Waals surface area (Å²) in [6.07, 6.45) is 0. The summed E-state index contributed by atoms with van der Waals surface area (Å²) in [7, 11) is 3.15. The molecule has 158 valence electrons. The lowest BCUT2D eigenvalue weighted by Gasteiger charge is -2.28. The van der Waals surface area contributed by atoms with E-state index in [4.69, 9.17) is 18.6 Å². The summed E-state index contributed by atoms with van der Waals surface area (Å²) in [6.45, 7) is 1.95. The molecule has 0 fully saturated rings. The minimum absolute atomic E-state index is 0.400. The van der Waals surface area contributed by atoms with Gasteiger partial charge in [-0.05, 0) is 47.3 Å². The van der Waals surface area contributed by atoms with Crippen molar-refractivity contribution >= 4 is 22.3 Å². The molecule has 2 aromatic carbocycles. The van der Waals surface area contributed by atoms with Crippen molar-refractivity contribution in [2.24, 2.45) is 0 Å². The van der Waals surface area contributed by atoms with E-state index in [9.17, 15) is 4.79 Å². The highest BCUT2D eigenvalue weighted by atomic mass is 32.1. The summed E-state index contributed by atoms with van der Waals surface area (Å²) in [5, 5.41) is 2.92. The summed E-state index contributed by atoms with van der Waals surface area (Å²) >= 11 is 1.72. The molecule has 0 atom stereocenters. The Bertz CT molecular complexity index is 1300. The molecule has 1 aliphatic rings. The Balaban J connectivity index is 1.54. The maximum absolute atomic E-state index is 12.9. The Kier molecular flexibility index (Phi) is 5.13. The predicted octanol–water partition coefficient (Wildman–Crippen LogP) is 4.89. The number of ether oxygens (including phenoxy) is 3. The molecule has 0 bridgehead atoms. The van der Waals surface area contributed by atoms with E-state index < -0.39 is 5.63 Å². The molecule has 0 saturated carbocycles. The van der Waals surface area contributed by atoms with E-state index in [2.05, 4.69) is 16.3 Å². The average molecular weight is 436 g/mol. The van der Waals surface area contributed by atoms with Crippen LogP contribution >= 0.6 is 11.3 Å². The number of fused-ring (bicyclic) bond motifs is 3. The molecule has 5 rings (SSSR count). The number of hydrogen-bond acceptors (Lipinski definition) is 7. The molecule has 4 aromatic rings. The first-order chi connectivity index (χ1) is 15.2. The summed E-state index contributed by atoms with van der Waals surface area (Å²) in [5.74, 6) is 1.92. The Labute approximate surface area is 183 Å². The van der Waals surface area contributed by atoms with Gasteiger partial charge >= 0.3 is 5.63 Å². The maximum Gasteiger partial charge on any atom is 0.344 e. The zero-order chi connectivity index (χ0) is 21.4. The van der Waals surface area contributed by atoms with Crippen LogP contribution in [0, 0.1) is 0 Å². The molecule has 2 aromatic heterocycles. The quantitative estimate of drug-likeness (QED) is 0.416. The van der Waals surface area contributed by atoms with Crippen LogP contribution in [0.5, 0.6) is 17.2 Å². The minimum Gasteiger partial charge on any atom is -0.493 e. The highest BCUT2D eigenvalue weighted by molar-refractivity contribution is 7.09. The van der Waals surface area contributed by atoms with Gasteiger partial charge in [0.25, 0.3) is 0 Å². The molecular formula is C24H21NO5S. The molecule has 0 unspecified atom stereocenters. The van der Waals surface area contributed by atoms with E-state index >= 15 is 0 Å². The van der Waals surface area contributed by atoms with Gasteiger partial charge in [-0.1, -0.05) is 12.1 Å². The fraction of sp³-hybridized carbons (Fsp3) is 0.208. The van der Waals surface area contributed by atoms with Crippen molar-refractivity contribution in [2.45, 2.75) is 13.1 Å². The topological polar surface area (TPSA) is 61.1 Å². The molecule has 1 aliphatic heterocycles. The lowest BCUT2D eigenvalue weighted by molar-refractivity contribution is 0.0899. The maximum atomic E-state index is 12.9. The van der Waals surface area contributed by atoms with Crippen LogP contribution in [0.4, 0.5) is 0 Å². The molecular weight excluding hydrogens is 414 g/mol. The Morgan fingerprint density at radius 1 is 1.06 bits per heavy atom. The molecule has 0 aliphatic carbocycles. The zero-order valence-electron chi connectivity index (χ0n) is 17.2. The second-order valence-electron chi connectivity index (χ2n) is 7.32. The number of hydrogen-bond donors (Lipinski definition) is 0. The number of nitrogens with zero attached hydrogens (tertiary/aromatic N) is 1. The van der Waals surface area contributed by atoms with Crippen molar-refractivity contribution in [3.8, 4) is 28.4 Å². The summed E-state index contributed by atoms with van der Waals surface area (Å²) in [6, 6.07) is 15.3. The van der Waals surface area contributed by atoms with Gasteiger partial charge in [0, 0.05) is 23.4 Å².